The second kappa shape index (κ2) is 6.48. The molecule has 18 heavy (non-hydrogen) atoms. The van der Waals surface area contributed by atoms with E-state index in [4.69, 9.17) is 13.8 Å². The van der Waals surface area contributed by atoms with E-state index in [0.29, 0.717) is 5.06 Å². The highest BCUT2D eigenvalue weighted by Gasteiger charge is 2.25. The molecule has 0 spiro atoms. The van der Waals surface area contributed by atoms with Gasteiger partial charge in [0.25, 0.3) is 0 Å². The van der Waals surface area contributed by atoms with Gasteiger partial charge in [-0.2, -0.15) is 0 Å². The predicted octanol–water partition coefficient (Wildman–Crippen LogP) is 2.80. The molecule has 102 valence electrons. The number of rotatable bonds is 7. The van der Waals surface area contributed by atoms with Crippen LogP contribution >= 0.6 is 18.9 Å². The first-order valence-electron chi connectivity index (χ1n) is 5.32. The van der Waals surface area contributed by atoms with Crippen LogP contribution in [-0.4, -0.2) is 32.8 Å². The third kappa shape index (κ3) is 4.21. The third-order valence-corrected chi connectivity index (χ3v) is 5.20. The molecular weight excluding hydrogens is 275 g/mol. The number of ether oxygens (including phenoxy) is 1. The number of ketones is 1. The molecule has 0 aliphatic heterocycles. The van der Waals surface area contributed by atoms with Crippen molar-refractivity contribution >= 4 is 24.7 Å². The zero-order valence-electron chi connectivity index (χ0n) is 10.9. The van der Waals surface area contributed by atoms with Crippen molar-refractivity contribution in [2.75, 3.05) is 27.0 Å². The Labute approximate surface area is 111 Å². The first-order chi connectivity index (χ1) is 8.40. The number of hydrogen-bond donors (Lipinski definition) is 0. The molecule has 7 heteroatoms. The minimum absolute atomic E-state index is 0.127. The van der Waals surface area contributed by atoms with E-state index in [9.17, 15) is 9.36 Å². The molecule has 0 aliphatic rings. The molecule has 0 aromatic carbocycles. The summed E-state index contributed by atoms with van der Waals surface area (Å²) in [7, 11) is -0.781. The lowest BCUT2D eigenvalue weighted by Gasteiger charge is -2.12. The molecule has 0 saturated heterocycles. The van der Waals surface area contributed by atoms with Gasteiger partial charge in [0.15, 0.2) is 10.8 Å². The summed E-state index contributed by atoms with van der Waals surface area (Å²) in [5, 5.41) is 0.713. The molecule has 0 aliphatic carbocycles. The van der Waals surface area contributed by atoms with Crippen molar-refractivity contribution in [1.29, 1.82) is 0 Å². The highest BCUT2D eigenvalue weighted by atomic mass is 32.1. The summed E-state index contributed by atoms with van der Waals surface area (Å²) in [5.41, 5.74) is 0.993. The van der Waals surface area contributed by atoms with Gasteiger partial charge in [0, 0.05) is 24.7 Å². The first kappa shape index (κ1) is 15.4. The summed E-state index contributed by atoms with van der Waals surface area (Å²) in [6, 6.07) is 1.99. The fourth-order valence-corrected chi connectivity index (χ4v) is 3.17. The van der Waals surface area contributed by atoms with Gasteiger partial charge in [0.2, 0.25) is 0 Å². The van der Waals surface area contributed by atoms with Crippen LogP contribution in [0.15, 0.2) is 6.07 Å². The highest BCUT2D eigenvalue weighted by Crippen LogP contribution is 2.46. The zero-order chi connectivity index (χ0) is 13.8. The van der Waals surface area contributed by atoms with Crippen molar-refractivity contribution < 1.29 is 23.1 Å². The van der Waals surface area contributed by atoms with Gasteiger partial charge in [-0.15, -0.1) is 11.3 Å². The number of thiophene rings is 1. The van der Waals surface area contributed by atoms with Crippen LogP contribution in [0.3, 0.4) is 0 Å². The van der Waals surface area contributed by atoms with E-state index in [1.165, 1.54) is 25.6 Å². The van der Waals surface area contributed by atoms with Crippen LogP contribution in [0.2, 0.25) is 0 Å². The monoisotopic (exact) mass is 292 g/mol. The van der Waals surface area contributed by atoms with Crippen molar-refractivity contribution in [1.82, 2.24) is 0 Å². The maximum absolute atomic E-state index is 11.7. The van der Waals surface area contributed by atoms with Gasteiger partial charge in [0.05, 0.1) is 0 Å². The minimum atomic E-state index is -3.29. The van der Waals surface area contributed by atoms with Crippen molar-refractivity contribution in [2.24, 2.45) is 0 Å². The molecule has 5 nitrogen and oxygen atoms in total. The second-order valence-electron chi connectivity index (χ2n) is 3.79. The lowest BCUT2D eigenvalue weighted by molar-refractivity contribution is -0.118. The van der Waals surface area contributed by atoms with Crippen molar-refractivity contribution in [3.8, 4) is 5.06 Å². The average molecular weight is 292 g/mol. The molecular formula is C11H17O5PS. The topological polar surface area (TPSA) is 61.8 Å². The Bertz CT molecular complexity index is 460. The van der Waals surface area contributed by atoms with Gasteiger partial charge >= 0.3 is 7.60 Å². The van der Waals surface area contributed by atoms with E-state index in [1.807, 2.05) is 19.9 Å². The van der Waals surface area contributed by atoms with Gasteiger partial charge in [-0.05, 0) is 19.9 Å². The maximum Gasteiger partial charge on any atom is 0.337 e. The number of hydrogen-bond acceptors (Lipinski definition) is 6. The van der Waals surface area contributed by atoms with Crippen molar-refractivity contribution in [3.05, 3.63) is 16.5 Å². The summed E-state index contributed by atoms with van der Waals surface area (Å²) in [5.74, 6) is -0.313. The normalized spacial score (nSPS) is 11.6. The number of carbonyl (C=O) groups excluding carboxylic acids is 1. The molecule has 1 heterocycles. The Balaban J connectivity index is 2.52. The maximum atomic E-state index is 11.7. The Morgan fingerprint density at radius 2 is 1.94 bits per heavy atom. The fourth-order valence-electron chi connectivity index (χ4n) is 1.37. The summed E-state index contributed by atoms with van der Waals surface area (Å²) in [4.78, 5) is 12.7. The molecule has 0 amide bonds. The second-order valence-corrected chi connectivity index (χ2v) is 7.28. The third-order valence-electron chi connectivity index (χ3n) is 2.29. The van der Waals surface area contributed by atoms with E-state index in [2.05, 4.69) is 0 Å². The molecule has 0 fully saturated rings. The molecule has 0 bridgehead atoms. The largest absolute Gasteiger partial charge is 0.476 e. The van der Waals surface area contributed by atoms with Gasteiger partial charge in [-0.25, -0.2) is 0 Å². The lowest BCUT2D eigenvalue weighted by atomic mass is 10.3. The van der Waals surface area contributed by atoms with Crippen molar-refractivity contribution in [2.45, 2.75) is 13.8 Å². The van der Waals surface area contributed by atoms with Crippen LogP contribution in [0.4, 0.5) is 0 Å². The van der Waals surface area contributed by atoms with Crippen LogP contribution in [0.25, 0.3) is 0 Å². The molecule has 0 unspecified atom stereocenters. The molecule has 0 N–H and O–H groups in total. The SMILES string of the molecule is COP(=O)(CC(=O)COc1sc(C)cc1C)OC. The number of aryl methyl sites for hydroxylation is 2. The Kier molecular flexibility index (Phi) is 5.53. The van der Waals surface area contributed by atoms with E-state index >= 15 is 0 Å². The molecule has 0 saturated carbocycles. The molecule has 0 atom stereocenters. The van der Waals surface area contributed by atoms with Gasteiger partial charge in [0.1, 0.15) is 12.8 Å². The Hall–Kier alpha value is -0.680. The van der Waals surface area contributed by atoms with Gasteiger partial charge in [-0.1, -0.05) is 0 Å². The summed E-state index contributed by atoms with van der Waals surface area (Å²) >= 11 is 1.48. The van der Waals surface area contributed by atoms with Crippen LogP contribution in [0.1, 0.15) is 10.4 Å². The van der Waals surface area contributed by atoms with Crippen LogP contribution < -0.4 is 4.74 Å². The smallest absolute Gasteiger partial charge is 0.337 e. The van der Waals surface area contributed by atoms with Crippen LogP contribution in [0, 0.1) is 13.8 Å². The molecule has 1 rings (SSSR count). The predicted molar refractivity (Wildman–Crippen MR) is 70.8 cm³/mol. The lowest BCUT2D eigenvalue weighted by Crippen LogP contribution is -2.16. The summed E-state index contributed by atoms with van der Waals surface area (Å²) in [6.45, 7) is 3.76. The Morgan fingerprint density at radius 1 is 1.33 bits per heavy atom. The standard InChI is InChI=1S/C11H17O5PS/c1-8-5-9(2)18-11(8)16-6-10(12)7-17(13,14-3)15-4/h5H,6-7H2,1-4H3. The van der Waals surface area contributed by atoms with Gasteiger partial charge < -0.3 is 13.8 Å². The number of Topliss-reactive ketones (excluding diaryl/α,β-unsaturated/α-hetero) is 1. The molecule has 1 aromatic rings. The summed E-state index contributed by atoms with van der Waals surface area (Å²) in [6.07, 6.45) is -0.274. The minimum Gasteiger partial charge on any atom is -0.476 e. The van der Waals surface area contributed by atoms with E-state index < -0.39 is 7.60 Å². The van der Waals surface area contributed by atoms with Crippen LogP contribution in [0.5, 0.6) is 5.06 Å². The average Bonchev–Trinajstić information content (AvgIpc) is 2.65. The van der Waals surface area contributed by atoms with E-state index in [1.54, 1.807) is 0 Å². The first-order valence-corrected chi connectivity index (χ1v) is 7.86. The van der Waals surface area contributed by atoms with E-state index in [-0.39, 0.29) is 18.6 Å². The quantitative estimate of drug-likeness (QED) is 0.723. The fraction of sp³-hybridized carbons (Fsp3) is 0.545. The van der Waals surface area contributed by atoms with Gasteiger partial charge in [-0.3, -0.25) is 9.36 Å². The number of carbonyl (C=O) groups is 1. The molecule has 1 aromatic heterocycles. The summed E-state index contributed by atoms with van der Waals surface area (Å²) < 4.78 is 26.5. The van der Waals surface area contributed by atoms with E-state index in [0.717, 1.165) is 10.4 Å². The Morgan fingerprint density at radius 3 is 2.39 bits per heavy atom. The van der Waals surface area contributed by atoms with Crippen LogP contribution in [-0.2, 0) is 18.4 Å². The highest BCUT2D eigenvalue weighted by molar-refractivity contribution is 7.54. The van der Waals surface area contributed by atoms with Crippen molar-refractivity contribution in [3.63, 3.8) is 0 Å². The zero-order valence-corrected chi connectivity index (χ0v) is 12.6. The molecule has 0 radical (unpaired) electrons.